The van der Waals surface area contributed by atoms with Gasteiger partial charge in [0.2, 0.25) is 0 Å². The fraction of sp³-hybridized carbons (Fsp3) is 0.125. The molecular weight excluding hydrogens is 400 g/mol. The predicted molar refractivity (Wildman–Crippen MR) is 68.9 cm³/mol. The largest absolute Gasteiger partial charge is 0.293 e. The van der Waals surface area contributed by atoms with Gasteiger partial charge in [0.15, 0.2) is 5.78 Å². The summed E-state index contributed by atoms with van der Waals surface area (Å²) in [6.45, 7) is 0. The van der Waals surface area contributed by atoms with Crippen LogP contribution in [0.2, 0.25) is 5.02 Å². The summed E-state index contributed by atoms with van der Waals surface area (Å²) in [7, 11) is 0. The number of carbonyl (C=O) groups is 1. The van der Waals surface area contributed by atoms with Gasteiger partial charge >= 0.3 is 0 Å². The number of rotatable bonds is 3. The van der Waals surface area contributed by atoms with Crippen molar-refractivity contribution in [2.24, 2.45) is 0 Å². The molecule has 0 heterocycles. The minimum atomic E-state index is -0.577. The maximum atomic E-state index is 11.4. The van der Waals surface area contributed by atoms with Crippen LogP contribution in [0.4, 0.5) is 5.69 Å². The van der Waals surface area contributed by atoms with Gasteiger partial charge in [-0.15, -0.1) is 0 Å². The molecule has 0 aliphatic carbocycles. The van der Waals surface area contributed by atoms with E-state index in [1.54, 1.807) is 0 Å². The Morgan fingerprint density at radius 1 is 1.60 bits per heavy atom. The zero-order chi connectivity index (χ0) is 11.6. The lowest BCUT2D eigenvalue weighted by molar-refractivity contribution is -0.384. The Morgan fingerprint density at radius 2 is 2.20 bits per heavy atom. The second-order valence-corrected chi connectivity index (χ2v) is 4.73. The third kappa shape index (κ3) is 2.88. The SMILES string of the molecule is O=C(CBr)c1cc(Cl)c([N+](=O)[O-])cc1I. The van der Waals surface area contributed by atoms with Crippen LogP contribution in [0.1, 0.15) is 10.4 Å². The topological polar surface area (TPSA) is 60.2 Å². The van der Waals surface area contributed by atoms with Gasteiger partial charge in [-0.25, -0.2) is 0 Å². The van der Waals surface area contributed by atoms with Crippen LogP contribution in [0.3, 0.4) is 0 Å². The normalized spacial score (nSPS) is 10.1. The molecule has 7 heteroatoms. The van der Waals surface area contributed by atoms with Crippen molar-refractivity contribution in [3.63, 3.8) is 0 Å². The number of carbonyl (C=O) groups excluding carboxylic acids is 1. The summed E-state index contributed by atoms with van der Waals surface area (Å²) in [4.78, 5) is 21.4. The maximum absolute atomic E-state index is 11.4. The first-order chi connectivity index (χ1) is 6.97. The summed E-state index contributed by atoms with van der Waals surface area (Å²) in [5, 5.41) is 10.7. The summed E-state index contributed by atoms with van der Waals surface area (Å²) in [5.41, 5.74) is 0.204. The Labute approximate surface area is 112 Å². The standard InChI is InChI=1S/C8H4BrClINO3/c9-3-8(13)4-1-5(10)7(12(14)15)2-6(4)11/h1-2H,3H2. The van der Waals surface area contributed by atoms with Crippen molar-refractivity contribution in [3.05, 3.63) is 36.4 Å². The van der Waals surface area contributed by atoms with Crippen LogP contribution in [-0.2, 0) is 0 Å². The Kier molecular flexibility index (Phi) is 4.47. The maximum Gasteiger partial charge on any atom is 0.288 e. The van der Waals surface area contributed by atoms with Crippen molar-refractivity contribution < 1.29 is 9.72 Å². The monoisotopic (exact) mass is 403 g/mol. The van der Waals surface area contributed by atoms with E-state index in [1.165, 1.54) is 12.1 Å². The van der Waals surface area contributed by atoms with E-state index in [0.717, 1.165) is 0 Å². The zero-order valence-electron chi connectivity index (χ0n) is 7.17. The lowest BCUT2D eigenvalue weighted by Gasteiger charge is -2.02. The first-order valence-corrected chi connectivity index (χ1v) is 6.27. The van der Waals surface area contributed by atoms with Crippen molar-refractivity contribution >= 4 is 61.6 Å². The number of hydrogen-bond acceptors (Lipinski definition) is 3. The Balaban J connectivity index is 3.31. The molecule has 0 aliphatic rings. The van der Waals surface area contributed by atoms with Gasteiger partial charge in [0.1, 0.15) is 5.02 Å². The van der Waals surface area contributed by atoms with E-state index < -0.39 is 4.92 Å². The van der Waals surface area contributed by atoms with Gasteiger partial charge in [0.25, 0.3) is 5.69 Å². The molecule has 0 amide bonds. The lowest BCUT2D eigenvalue weighted by atomic mass is 10.1. The number of nitro groups is 1. The fourth-order valence-corrected chi connectivity index (χ4v) is 2.25. The van der Waals surface area contributed by atoms with E-state index in [2.05, 4.69) is 15.9 Å². The number of halogens is 3. The summed E-state index contributed by atoms with van der Waals surface area (Å²) < 4.78 is 0.521. The summed E-state index contributed by atoms with van der Waals surface area (Å²) in [5.74, 6) is -0.156. The van der Waals surface area contributed by atoms with Gasteiger partial charge in [-0.05, 0) is 28.7 Å². The van der Waals surface area contributed by atoms with Crippen molar-refractivity contribution in [2.45, 2.75) is 0 Å². The molecule has 0 saturated carbocycles. The highest BCUT2D eigenvalue weighted by Gasteiger charge is 2.18. The number of nitro benzene ring substituents is 1. The third-order valence-electron chi connectivity index (χ3n) is 1.65. The molecule has 0 N–H and O–H groups in total. The van der Waals surface area contributed by atoms with Gasteiger partial charge in [0.05, 0.1) is 10.3 Å². The molecule has 0 spiro atoms. The van der Waals surface area contributed by atoms with Crippen LogP contribution in [0, 0.1) is 13.7 Å². The average Bonchev–Trinajstić information content (AvgIpc) is 2.19. The van der Waals surface area contributed by atoms with E-state index in [1.807, 2.05) is 22.6 Å². The molecule has 4 nitrogen and oxygen atoms in total. The molecule has 1 rings (SSSR count). The van der Waals surface area contributed by atoms with Crippen LogP contribution in [0.15, 0.2) is 12.1 Å². The predicted octanol–water partition coefficient (Wildman–Crippen LogP) is 3.43. The average molecular weight is 404 g/mol. The smallest absolute Gasteiger partial charge is 0.288 e. The number of nitrogens with zero attached hydrogens (tertiary/aromatic N) is 1. The zero-order valence-corrected chi connectivity index (χ0v) is 11.7. The molecule has 1 aromatic carbocycles. The van der Waals surface area contributed by atoms with Crippen LogP contribution in [0.25, 0.3) is 0 Å². The molecule has 1 aromatic rings. The summed E-state index contributed by atoms with van der Waals surface area (Å²) >= 11 is 10.6. The number of Topliss-reactive ketones (excluding diaryl/α,β-unsaturated/α-hetero) is 1. The highest BCUT2D eigenvalue weighted by Crippen LogP contribution is 2.29. The molecule has 15 heavy (non-hydrogen) atoms. The quantitative estimate of drug-likeness (QED) is 0.255. The second-order valence-electron chi connectivity index (χ2n) is 2.60. The lowest BCUT2D eigenvalue weighted by Crippen LogP contribution is -2.04. The van der Waals surface area contributed by atoms with Crippen molar-refractivity contribution in [1.29, 1.82) is 0 Å². The molecule has 0 bridgehead atoms. The van der Waals surface area contributed by atoms with Crippen LogP contribution < -0.4 is 0 Å². The Bertz CT molecular complexity index is 438. The van der Waals surface area contributed by atoms with Gasteiger partial charge < -0.3 is 0 Å². The molecule has 0 aromatic heterocycles. The molecule has 0 unspecified atom stereocenters. The first-order valence-electron chi connectivity index (χ1n) is 3.70. The molecule has 80 valence electrons. The molecular formula is C8H4BrClINO3. The highest BCUT2D eigenvalue weighted by atomic mass is 127. The van der Waals surface area contributed by atoms with E-state index in [9.17, 15) is 14.9 Å². The molecule has 0 aliphatic heterocycles. The molecule has 0 fully saturated rings. The number of ketones is 1. The molecule has 0 radical (unpaired) electrons. The number of alkyl halides is 1. The summed E-state index contributed by atoms with van der Waals surface area (Å²) in [6, 6.07) is 2.61. The summed E-state index contributed by atoms with van der Waals surface area (Å²) in [6.07, 6.45) is 0. The Hall–Kier alpha value is -0.210. The first kappa shape index (κ1) is 12.9. The van der Waals surface area contributed by atoms with E-state index in [4.69, 9.17) is 11.6 Å². The third-order valence-corrected chi connectivity index (χ3v) is 3.36. The minimum absolute atomic E-state index is 0.0234. The van der Waals surface area contributed by atoms with Crippen LogP contribution in [-0.4, -0.2) is 16.0 Å². The van der Waals surface area contributed by atoms with E-state index in [0.29, 0.717) is 9.13 Å². The van der Waals surface area contributed by atoms with E-state index in [-0.39, 0.29) is 21.8 Å². The second kappa shape index (κ2) is 5.22. The van der Waals surface area contributed by atoms with Gasteiger partial charge in [-0.3, -0.25) is 14.9 Å². The van der Waals surface area contributed by atoms with Crippen LogP contribution in [0.5, 0.6) is 0 Å². The minimum Gasteiger partial charge on any atom is -0.293 e. The number of hydrogen-bond donors (Lipinski definition) is 0. The molecule has 0 saturated heterocycles. The van der Waals surface area contributed by atoms with E-state index >= 15 is 0 Å². The van der Waals surface area contributed by atoms with Gasteiger partial charge in [-0.1, -0.05) is 27.5 Å². The molecule has 0 atom stereocenters. The fourth-order valence-electron chi connectivity index (χ4n) is 0.962. The van der Waals surface area contributed by atoms with Gasteiger partial charge in [0, 0.05) is 15.2 Å². The van der Waals surface area contributed by atoms with Crippen molar-refractivity contribution in [2.75, 3.05) is 5.33 Å². The highest BCUT2D eigenvalue weighted by molar-refractivity contribution is 14.1. The number of benzene rings is 1. The Morgan fingerprint density at radius 3 is 2.67 bits per heavy atom. The van der Waals surface area contributed by atoms with Crippen LogP contribution >= 0.6 is 50.1 Å². The van der Waals surface area contributed by atoms with Gasteiger partial charge in [-0.2, -0.15) is 0 Å². The van der Waals surface area contributed by atoms with Crippen molar-refractivity contribution in [3.8, 4) is 0 Å². The van der Waals surface area contributed by atoms with Crippen molar-refractivity contribution in [1.82, 2.24) is 0 Å².